The molecule has 1 aliphatic rings. The van der Waals surface area contributed by atoms with Gasteiger partial charge in [0.25, 0.3) is 0 Å². The number of ether oxygens (including phenoxy) is 1. The van der Waals surface area contributed by atoms with Crippen LogP contribution in [0.5, 0.6) is 0 Å². The van der Waals surface area contributed by atoms with Crippen LogP contribution in [0.2, 0.25) is 10.0 Å². The second-order valence-corrected chi connectivity index (χ2v) is 5.94. The molecule has 0 bridgehead atoms. The molecule has 0 aromatic heterocycles. The number of nitrogens with one attached hydrogen (secondary N) is 1. The molecular weight excluding hydrogens is 295 g/mol. The number of rotatable bonds is 5. The highest BCUT2D eigenvalue weighted by Crippen LogP contribution is 2.33. The van der Waals surface area contributed by atoms with E-state index in [-0.39, 0.29) is 12.1 Å². The van der Waals surface area contributed by atoms with Crippen molar-refractivity contribution in [2.75, 3.05) is 33.3 Å². The van der Waals surface area contributed by atoms with E-state index >= 15 is 0 Å². The fourth-order valence-electron chi connectivity index (χ4n) is 2.82. The number of likely N-dealkylation sites (N-methyl/N-ethyl adjacent to an activating group) is 1. The lowest BCUT2D eigenvalue weighted by molar-refractivity contribution is -0.0704. The second kappa shape index (κ2) is 7.62. The molecule has 1 aromatic carbocycles. The van der Waals surface area contributed by atoms with Gasteiger partial charge in [0.15, 0.2) is 0 Å². The molecule has 1 saturated heterocycles. The van der Waals surface area contributed by atoms with Crippen molar-refractivity contribution in [1.29, 1.82) is 0 Å². The van der Waals surface area contributed by atoms with Crippen LogP contribution in [-0.2, 0) is 4.74 Å². The van der Waals surface area contributed by atoms with Crippen LogP contribution in [-0.4, -0.2) is 44.3 Å². The zero-order chi connectivity index (χ0) is 14.5. The molecule has 0 spiro atoms. The number of hydrogen-bond acceptors (Lipinski definition) is 3. The Labute approximate surface area is 131 Å². The molecule has 0 saturated carbocycles. The Morgan fingerprint density at radius 1 is 1.35 bits per heavy atom. The Hall–Kier alpha value is -0.320. The molecule has 2 unspecified atom stereocenters. The number of nitrogens with zero attached hydrogens (tertiary/aromatic N) is 1. The van der Waals surface area contributed by atoms with Gasteiger partial charge in [0.1, 0.15) is 0 Å². The molecule has 1 aliphatic heterocycles. The summed E-state index contributed by atoms with van der Waals surface area (Å²) in [5, 5.41) is 4.42. The van der Waals surface area contributed by atoms with Crippen molar-refractivity contribution in [3.8, 4) is 0 Å². The summed E-state index contributed by atoms with van der Waals surface area (Å²) in [5.74, 6) is 0. The fourth-order valence-corrected chi connectivity index (χ4v) is 3.12. The van der Waals surface area contributed by atoms with Crippen LogP contribution < -0.4 is 5.32 Å². The molecule has 3 nitrogen and oxygen atoms in total. The summed E-state index contributed by atoms with van der Waals surface area (Å²) in [6, 6.07) is 6.12. The molecule has 0 aliphatic carbocycles. The highest BCUT2D eigenvalue weighted by atomic mass is 35.5. The first-order valence-electron chi connectivity index (χ1n) is 7.12. The molecule has 5 heteroatoms. The van der Waals surface area contributed by atoms with E-state index in [0.29, 0.717) is 10.0 Å². The lowest BCUT2D eigenvalue weighted by Gasteiger charge is -2.41. The van der Waals surface area contributed by atoms with Gasteiger partial charge in [-0.15, -0.1) is 0 Å². The van der Waals surface area contributed by atoms with Crippen molar-refractivity contribution in [3.05, 3.63) is 33.8 Å². The molecule has 0 amide bonds. The zero-order valence-electron chi connectivity index (χ0n) is 12.0. The summed E-state index contributed by atoms with van der Waals surface area (Å²) >= 11 is 12.2. The van der Waals surface area contributed by atoms with Crippen LogP contribution >= 0.6 is 23.2 Å². The minimum atomic E-state index is 0.137. The van der Waals surface area contributed by atoms with Gasteiger partial charge in [-0.3, -0.25) is 4.90 Å². The number of morpholine rings is 1. The second-order valence-electron chi connectivity index (χ2n) is 5.12. The molecule has 2 rings (SSSR count). The minimum absolute atomic E-state index is 0.137. The van der Waals surface area contributed by atoms with Crippen LogP contribution in [0.25, 0.3) is 0 Å². The summed E-state index contributed by atoms with van der Waals surface area (Å²) in [7, 11) is 1.95. The first kappa shape index (κ1) is 16.1. The lowest BCUT2D eigenvalue weighted by Crippen LogP contribution is -2.48. The summed E-state index contributed by atoms with van der Waals surface area (Å²) in [5.41, 5.74) is 1.17. The minimum Gasteiger partial charge on any atom is -0.374 e. The van der Waals surface area contributed by atoms with E-state index < -0.39 is 0 Å². The Bertz CT molecular complexity index is 424. The average molecular weight is 317 g/mol. The van der Waals surface area contributed by atoms with E-state index in [2.05, 4.69) is 23.2 Å². The Morgan fingerprint density at radius 2 is 2.15 bits per heavy atom. The summed E-state index contributed by atoms with van der Waals surface area (Å²) in [6.45, 7) is 5.83. The van der Waals surface area contributed by atoms with E-state index in [0.717, 1.165) is 32.7 Å². The highest BCUT2D eigenvalue weighted by molar-refractivity contribution is 6.42. The Morgan fingerprint density at radius 3 is 2.80 bits per heavy atom. The van der Waals surface area contributed by atoms with Crippen molar-refractivity contribution in [2.45, 2.75) is 25.5 Å². The molecule has 1 fully saturated rings. The molecule has 20 heavy (non-hydrogen) atoms. The van der Waals surface area contributed by atoms with E-state index in [9.17, 15) is 0 Å². The molecule has 0 radical (unpaired) electrons. The van der Waals surface area contributed by atoms with Crippen molar-refractivity contribution in [3.63, 3.8) is 0 Å². The summed E-state index contributed by atoms with van der Waals surface area (Å²) in [6.07, 6.45) is 1.27. The van der Waals surface area contributed by atoms with Crippen LogP contribution in [0.1, 0.15) is 24.9 Å². The molecule has 112 valence electrons. The standard InChI is InChI=1S/C15H22Cl2N2O/c1-3-6-19-7-8-20-14(10-18-2)15(19)11-4-5-12(16)13(17)9-11/h4-5,9,14-15,18H,3,6-8,10H2,1-2H3. The van der Waals surface area contributed by atoms with Crippen molar-refractivity contribution in [2.24, 2.45) is 0 Å². The maximum absolute atomic E-state index is 6.18. The van der Waals surface area contributed by atoms with E-state index in [1.165, 1.54) is 5.56 Å². The lowest BCUT2D eigenvalue weighted by atomic mass is 9.97. The largest absolute Gasteiger partial charge is 0.374 e. The molecular formula is C15H22Cl2N2O. The average Bonchev–Trinajstić information content (AvgIpc) is 2.43. The number of hydrogen-bond donors (Lipinski definition) is 1. The molecule has 1 aromatic rings. The summed E-state index contributed by atoms with van der Waals surface area (Å²) < 4.78 is 5.95. The van der Waals surface area contributed by atoms with Crippen LogP contribution in [0, 0.1) is 0 Å². The van der Waals surface area contributed by atoms with Gasteiger partial charge >= 0.3 is 0 Å². The van der Waals surface area contributed by atoms with Crippen LogP contribution in [0.15, 0.2) is 18.2 Å². The SMILES string of the molecule is CCCN1CCOC(CNC)C1c1ccc(Cl)c(Cl)c1. The normalized spacial score (nSPS) is 24.0. The third kappa shape index (κ3) is 3.66. The van der Waals surface area contributed by atoms with Crippen molar-refractivity contribution < 1.29 is 4.74 Å². The third-order valence-corrected chi connectivity index (χ3v) is 4.40. The number of benzene rings is 1. The zero-order valence-corrected chi connectivity index (χ0v) is 13.5. The van der Waals surface area contributed by atoms with Crippen LogP contribution in [0.3, 0.4) is 0 Å². The predicted molar refractivity (Wildman–Crippen MR) is 84.7 cm³/mol. The van der Waals surface area contributed by atoms with Gasteiger partial charge in [-0.25, -0.2) is 0 Å². The Kier molecular flexibility index (Phi) is 6.12. The van der Waals surface area contributed by atoms with Gasteiger partial charge < -0.3 is 10.1 Å². The first-order chi connectivity index (χ1) is 9.67. The van der Waals surface area contributed by atoms with Gasteiger partial charge in [-0.1, -0.05) is 36.2 Å². The molecule has 1 N–H and O–H groups in total. The van der Waals surface area contributed by atoms with E-state index in [1.807, 2.05) is 19.2 Å². The van der Waals surface area contributed by atoms with Gasteiger partial charge in [-0.2, -0.15) is 0 Å². The van der Waals surface area contributed by atoms with Crippen molar-refractivity contribution in [1.82, 2.24) is 10.2 Å². The van der Waals surface area contributed by atoms with E-state index in [4.69, 9.17) is 27.9 Å². The van der Waals surface area contributed by atoms with Crippen molar-refractivity contribution >= 4 is 23.2 Å². The fraction of sp³-hybridized carbons (Fsp3) is 0.600. The molecule has 2 atom stereocenters. The van der Waals surface area contributed by atoms with Gasteiger partial charge in [0.05, 0.1) is 28.8 Å². The maximum atomic E-state index is 6.18. The third-order valence-electron chi connectivity index (χ3n) is 3.66. The van der Waals surface area contributed by atoms with Gasteiger partial charge in [0, 0.05) is 13.1 Å². The van der Waals surface area contributed by atoms with Gasteiger partial charge in [-0.05, 0) is 37.7 Å². The monoisotopic (exact) mass is 316 g/mol. The first-order valence-corrected chi connectivity index (χ1v) is 7.88. The van der Waals surface area contributed by atoms with Gasteiger partial charge in [0.2, 0.25) is 0 Å². The smallest absolute Gasteiger partial charge is 0.0896 e. The summed E-state index contributed by atoms with van der Waals surface area (Å²) in [4.78, 5) is 2.48. The number of halogens is 2. The highest BCUT2D eigenvalue weighted by Gasteiger charge is 2.32. The Balaban J connectivity index is 2.29. The molecule has 1 heterocycles. The predicted octanol–water partition coefficient (Wildman–Crippen LogP) is 3.36. The topological polar surface area (TPSA) is 24.5 Å². The quantitative estimate of drug-likeness (QED) is 0.901. The maximum Gasteiger partial charge on any atom is 0.0896 e. The van der Waals surface area contributed by atoms with Crippen LogP contribution in [0.4, 0.5) is 0 Å². The van der Waals surface area contributed by atoms with E-state index in [1.54, 1.807) is 0 Å².